The minimum absolute atomic E-state index is 0.200. The van der Waals surface area contributed by atoms with Crippen LogP contribution in [0, 0.1) is 0 Å². The van der Waals surface area contributed by atoms with Gasteiger partial charge < -0.3 is 14.3 Å². The van der Waals surface area contributed by atoms with Crippen LogP contribution in [-0.4, -0.2) is 27.8 Å². The molecule has 1 N–H and O–H groups in total. The maximum atomic E-state index is 12.1. The average Bonchev–Trinajstić information content (AvgIpc) is 3.03. The number of hydrogen-bond acceptors (Lipinski definition) is 3. The third-order valence-electron chi connectivity index (χ3n) is 2.96. The molecule has 3 rings (SSSR count). The van der Waals surface area contributed by atoms with Gasteiger partial charge in [-0.15, -0.1) is 0 Å². The van der Waals surface area contributed by atoms with Crippen molar-refractivity contribution in [3.05, 3.63) is 53.2 Å². The van der Waals surface area contributed by atoms with Crippen LogP contribution >= 0.6 is 11.6 Å². The Hall–Kier alpha value is -2.27. The zero-order valence-corrected chi connectivity index (χ0v) is 11.5. The average molecular weight is 290 g/mol. The number of nitrogens with zero attached hydrogens (tertiary/aromatic N) is 2. The Morgan fingerprint density at radius 1 is 1.35 bits per heavy atom. The summed E-state index contributed by atoms with van der Waals surface area (Å²) < 4.78 is 5.11. The standard InChI is InChI=1S/C14H12ClN3O2/c1-18(14(19)11-6-7-12(15)20-11)8-13-16-9-4-2-3-5-10(9)17-13/h2-7H,8H2,1H3,(H,16,17). The van der Waals surface area contributed by atoms with Gasteiger partial charge in [-0.1, -0.05) is 12.1 Å². The number of rotatable bonds is 3. The molecule has 0 saturated carbocycles. The van der Waals surface area contributed by atoms with Crippen molar-refractivity contribution in [1.29, 1.82) is 0 Å². The summed E-state index contributed by atoms with van der Waals surface area (Å²) in [6.45, 7) is 0.367. The molecule has 0 bridgehead atoms. The Morgan fingerprint density at radius 2 is 2.15 bits per heavy atom. The molecule has 2 aromatic heterocycles. The molecular formula is C14H12ClN3O2. The monoisotopic (exact) mass is 289 g/mol. The molecule has 0 saturated heterocycles. The molecule has 2 heterocycles. The number of amides is 1. The molecule has 0 aliphatic rings. The van der Waals surface area contributed by atoms with Gasteiger partial charge in [-0.3, -0.25) is 4.79 Å². The molecule has 0 atom stereocenters. The zero-order chi connectivity index (χ0) is 14.1. The van der Waals surface area contributed by atoms with E-state index in [-0.39, 0.29) is 16.9 Å². The molecule has 0 unspecified atom stereocenters. The molecule has 0 radical (unpaired) electrons. The predicted octanol–water partition coefficient (Wildman–Crippen LogP) is 3.08. The van der Waals surface area contributed by atoms with Gasteiger partial charge in [0.25, 0.3) is 5.91 Å². The van der Waals surface area contributed by atoms with Crippen molar-refractivity contribution in [2.45, 2.75) is 6.54 Å². The molecule has 6 heteroatoms. The van der Waals surface area contributed by atoms with Crippen molar-refractivity contribution in [2.75, 3.05) is 7.05 Å². The summed E-state index contributed by atoms with van der Waals surface area (Å²) in [6, 6.07) is 10.8. The van der Waals surface area contributed by atoms with Crippen molar-refractivity contribution in [3.8, 4) is 0 Å². The zero-order valence-electron chi connectivity index (χ0n) is 10.8. The van der Waals surface area contributed by atoms with Crippen molar-refractivity contribution in [3.63, 3.8) is 0 Å². The van der Waals surface area contributed by atoms with Gasteiger partial charge in [-0.2, -0.15) is 0 Å². The number of aromatic nitrogens is 2. The number of furan rings is 1. The Kier molecular flexibility index (Phi) is 3.20. The summed E-state index contributed by atoms with van der Waals surface area (Å²) in [5.74, 6) is 0.700. The molecule has 20 heavy (non-hydrogen) atoms. The number of hydrogen-bond donors (Lipinski definition) is 1. The van der Waals surface area contributed by atoms with Gasteiger partial charge in [0.2, 0.25) is 0 Å². The predicted molar refractivity (Wildman–Crippen MR) is 75.6 cm³/mol. The minimum atomic E-state index is -0.239. The summed E-state index contributed by atoms with van der Waals surface area (Å²) in [5.41, 5.74) is 1.83. The molecule has 1 aromatic carbocycles. The number of imidazole rings is 1. The number of halogens is 1. The van der Waals surface area contributed by atoms with Crippen LogP contribution in [0.4, 0.5) is 0 Å². The van der Waals surface area contributed by atoms with E-state index in [2.05, 4.69) is 9.97 Å². The largest absolute Gasteiger partial charge is 0.440 e. The van der Waals surface area contributed by atoms with Gasteiger partial charge in [0.1, 0.15) is 5.82 Å². The normalized spacial score (nSPS) is 10.9. The second-order valence-corrected chi connectivity index (χ2v) is 4.84. The molecule has 0 fully saturated rings. The van der Waals surface area contributed by atoms with E-state index in [0.29, 0.717) is 6.54 Å². The van der Waals surface area contributed by atoms with Crippen LogP contribution < -0.4 is 0 Å². The van der Waals surface area contributed by atoms with E-state index in [1.54, 1.807) is 19.2 Å². The first-order valence-electron chi connectivity index (χ1n) is 6.08. The first-order chi connectivity index (χ1) is 9.63. The molecule has 0 aliphatic heterocycles. The lowest BCUT2D eigenvalue weighted by atomic mass is 10.3. The molecule has 0 aliphatic carbocycles. The second-order valence-electron chi connectivity index (χ2n) is 4.47. The topological polar surface area (TPSA) is 62.1 Å². The minimum Gasteiger partial charge on any atom is -0.440 e. The van der Waals surface area contributed by atoms with Crippen LogP contribution in [0.3, 0.4) is 0 Å². The second kappa shape index (κ2) is 5.02. The number of fused-ring (bicyclic) bond motifs is 1. The van der Waals surface area contributed by atoms with E-state index in [4.69, 9.17) is 16.0 Å². The van der Waals surface area contributed by atoms with Crippen LogP contribution in [0.1, 0.15) is 16.4 Å². The number of benzene rings is 1. The highest BCUT2D eigenvalue weighted by molar-refractivity contribution is 6.29. The van der Waals surface area contributed by atoms with Gasteiger partial charge in [0.15, 0.2) is 11.0 Å². The molecule has 0 spiro atoms. The van der Waals surface area contributed by atoms with E-state index in [1.807, 2.05) is 24.3 Å². The summed E-state index contributed by atoms with van der Waals surface area (Å²) in [7, 11) is 1.69. The smallest absolute Gasteiger partial charge is 0.289 e. The third-order valence-corrected chi connectivity index (χ3v) is 3.16. The van der Waals surface area contributed by atoms with Gasteiger partial charge in [0.05, 0.1) is 17.6 Å². The molecular weight excluding hydrogens is 278 g/mol. The maximum absolute atomic E-state index is 12.1. The van der Waals surface area contributed by atoms with Crippen LogP contribution in [0.25, 0.3) is 11.0 Å². The fourth-order valence-corrected chi connectivity index (χ4v) is 2.14. The molecule has 102 valence electrons. The lowest BCUT2D eigenvalue weighted by molar-refractivity contribution is 0.0750. The van der Waals surface area contributed by atoms with Gasteiger partial charge in [0, 0.05) is 7.05 Å². The SMILES string of the molecule is CN(Cc1nc2ccccc2[nH]1)C(=O)c1ccc(Cl)o1. The Morgan fingerprint density at radius 3 is 2.85 bits per heavy atom. The maximum Gasteiger partial charge on any atom is 0.289 e. The molecule has 1 amide bonds. The number of nitrogens with one attached hydrogen (secondary N) is 1. The number of carbonyl (C=O) groups is 1. The first-order valence-corrected chi connectivity index (χ1v) is 6.46. The highest BCUT2D eigenvalue weighted by Gasteiger charge is 2.17. The Labute approximate surface area is 120 Å². The summed E-state index contributed by atoms with van der Waals surface area (Å²) in [6.07, 6.45) is 0. The number of carbonyl (C=O) groups excluding carboxylic acids is 1. The highest BCUT2D eigenvalue weighted by Crippen LogP contribution is 2.16. The van der Waals surface area contributed by atoms with E-state index < -0.39 is 0 Å². The first kappa shape index (κ1) is 12.7. The van der Waals surface area contributed by atoms with E-state index in [1.165, 1.54) is 4.90 Å². The summed E-state index contributed by atoms with van der Waals surface area (Å²) >= 11 is 5.67. The fraction of sp³-hybridized carbons (Fsp3) is 0.143. The van der Waals surface area contributed by atoms with Crippen molar-refractivity contribution >= 4 is 28.5 Å². The third kappa shape index (κ3) is 2.40. The Balaban J connectivity index is 1.78. The lowest BCUT2D eigenvalue weighted by Crippen LogP contribution is -2.26. The van der Waals surface area contributed by atoms with Crippen LogP contribution in [0.5, 0.6) is 0 Å². The molecule has 3 aromatic rings. The molecule has 5 nitrogen and oxygen atoms in total. The van der Waals surface area contributed by atoms with Gasteiger partial charge >= 0.3 is 0 Å². The summed E-state index contributed by atoms with van der Waals surface area (Å²) in [5, 5.41) is 0.200. The van der Waals surface area contributed by atoms with E-state index in [9.17, 15) is 4.79 Å². The van der Waals surface area contributed by atoms with Crippen LogP contribution in [-0.2, 0) is 6.54 Å². The quantitative estimate of drug-likeness (QED) is 0.806. The number of aromatic amines is 1. The summed E-state index contributed by atoms with van der Waals surface area (Å²) in [4.78, 5) is 21.2. The van der Waals surface area contributed by atoms with Crippen LogP contribution in [0.15, 0.2) is 40.8 Å². The van der Waals surface area contributed by atoms with Gasteiger partial charge in [-0.05, 0) is 35.9 Å². The fourth-order valence-electron chi connectivity index (χ4n) is 1.99. The van der Waals surface area contributed by atoms with Crippen molar-refractivity contribution < 1.29 is 9.21 Å². The van der Waals surface area contributed by atoms with Crippen molar-refractivity contribution in [1.82, 2.24) is 14.9 Å². The van der Waals surface area contributed by atoms with Gasteiger partial charge in [-0.25, -0.2) is 4.98 Å². The number of H-pyrrole nitrogens is 1. The van der Waals surface area contributed by atoms with Crippen molar-refractivity contribution in [2.24, 2.45) is 0 Å². The van der Waals surface area contributed by atoms with Crippen LogP contribution in [0.2, 0.25) is 5.22 Å². The number of para-hydroxylation sites is 2. The lowest BCUT2D eigenvalue weighted by Gasteiger charge is -2.13. The highest BCUT2D eigenvalue weighted by atomic mass is 35.5. The van der Waals surface area contributed by atoms with E-state index in [0.717, 1.165) is 16.9 Å². The van der Waals surface area contributed by atoms with E-state index >= 15 is 0 Å². The Bertz CT molecular complexity index is 729.